The predicted octanol–water partition coefficient (Wildman–Crippen LogP) is 2.65. The molecule has 1 fully saturated rings. The highest BCUT2D eigenvalue weighted by Crippen LogP contribution is 2.42. The van der Waals surface area contributed by atoms with Crippen LogP contribution in [0.25, 0.3) is 0 Å². The fraction of sp³-hybridized carbons (Fsp3) is 0.286. The van der Waals surface area contributed by atoms with Crippen LogP contribution in [0.1, 0.15) is 23.2 Å². The van der Waals surface area contributed by atoms with Gasteiger partial charge in [-0.3, -0.25) is 9.59 Å². The van der Waals surface area contributed by atoms with Crippen molar-refractivity contribution >= 4 is 11.6 Å². The third-order valence-corrected chi connectivity index (χ3v) is 3.03. The van der Waals surface area contributed by atoms with Crippen molar-refractivity contribution in [1.82, 2.24) is 0 Å². The van der Waals surface area contributed by atoms with Gasteiger partial charge in [-0.15, -0.1) is 0 Å². The van der Waals surface area contributed by atoms with Crippen LogP contribution in [0.3, 0.4) is 0 Å². The molecule has 16 heavy (non-hydrogen) atoms. The summed E-state index contributed by atoms with van der Waals surface area (Å²) >= 11 is 0. The van der Waals surface area contributed by atoms with E-state index in [1.807, 2.05) is 30.3 Å². The van der Waals surface area contributed by atoms with Gasteiger partial charge in [0.2, 0.25) is 0 Å². The third kappa shape index (κ3) is 2.27. The lowest BCUT2D eigenvalue weighted by molar-refractivity contribution is -0.115. The molecule has 0 bridgehead atoms. The van der Waals surface area contributed by atoms with Crippen molar-refractivity contribution < 1.29 is 9.59 Å². The highest BCUT2D eigenvalue weighted by Gasteiger charge is 2.42. The Bertz CT molecular complexity index is 420. The van der Waals surface area contributed by atoms with Crippen molar-refractivity contribution in [3.63, 3.8) is 0 Å². The van der Waals surface area contributed by atoms with Crippen molar-refractivity contribution in [1.29, 1.82) is 0 Å². The largest absolute Gasteiger partial charge is 0.295 e. The Morgan fingerprint density at radius 2 is 2.00 bits per heavy atom. The number of rotatable bonds is 5. The molecular formula is C14H14O2. The minimum atomic E-state index is 0.0464. The highest BCUT2D eigenvalue weighted by molar-refractivity contribution is 5.98. The summed E-state index contributed by atoms with van der Waals surface area (Å²) in [6.45, 7) is 3.46. The van der Waals surface area contributed by atoms with E-state index in [0.717, 1.165) is 12.0 Å². The number of allylic oxidation sites excluding steroid dienone is 1. The van der Waals surface area contributed by atoms with Crippen molar-refractivity contribution in [3.05, 3.63) is 48.6 Å². The third-order valence-electron chi connectivity index (χ3n) is 3.03. The molecule has 1 aromatic rings. The van der Waals surface area contributed by atoms with Crippen LogP contribution in [0.15, 0.2) is 43.0 Å². The van der Waals surface area contributed by atoms with Crippen molar-refractivity contribution in [2.24, 2.45) is 11.8 Å². The van der Waals surface area contributed by atoms with Gasteiger partial charge in [-0.2, -0.15) is 0 Å². The zero-order valence-electron chi connectivity index (χ0n) is 9.06. The molecule has 1 aliphatic rings. The summed E-state index contributed by atoms with van der Waals surface area (Å²) < 4.78 is 0. The summed E-state index contributed by atoms with van der Waals surface area (Å²) in [6.07, 6.45) is 2.68. The summed E-state index contributed by atoms with van der Waals surface area (Å²) in [5.41, 5.74) is 0.735. The Labute approximate surface area is 95.0 Å². The average Bonchev–Trinajstić information content (AvgIpc) is 3.08. The molecule has 0 radical (unpaired) electrons. The topological polar surface area (TPSA) is 34.1 Å². The van der Waals surface area contributed by atoms with E-state index in [1.54, 1.807) is 0 Å². The van der Waals surface area contributed by atoms with Crippen molar-refractivity contribution in [2.45, 2.75) is 12.8 Å². The minimum Gasteiger partial charge on any atom is -0.295 e. The number of benzene rings is 1. The second kappa shape index (κ2) is 4.44. The highest BCUT2D eigenvalue weighted by atomic mass is 16.1. The molecule has 0 aliphatic heterocycles. The van der Waals surface area contributed by atoms with E-state index >= 15 is 0 Å². The normalized spacial score (nSPS) is 22.5. The van der Waals surface area contributed by atoms with E-state index in [0.29, 0.717) is 6.42 Å². The Morgan fingerprint density at radius 3 is 2.62 bits per heavy atom. The van der Waals surface area contributed by atoms with E-state index in [9.17, 15) is 9.59 Å². The van der Waals surface area contributed by atoms with Gasteiger partial charge >= 0.3 is 0 Å². The van der Waals surface area contributed by atoms with Gasteiger partial charge in [0.05, 0.1) is 0 Å². The Balaban J connectivity index is 1.91. The number of carbonyl (C=O) groups excluding carboxylic acids is 2. The molecule has 2 unspecified atom stereocenters. The number of hydrogen-bond acceptors (Lipinski definition) is 2. The molecule has 2 atom stereocenters. The summed E-state index contributed by atoms with van der Waals surface area (Å²) in [5.74, 6) is 0.485. The molecule has 0 N–H and O–H groups in total. The fourth-order valence-corrected chi connectivity index (χ4v) is 1.95. The average molecular weight is 214 g/mol. The van der Waals surface area contributed by atoms with E-state index in [1.165, 1.54) is 6.08 Å². The standard InChI is InChI=1S/C14H14O2/c1-2-13(15)12-8-11(12)9-14(16)10-6-4-3-5-7-10/h2-7,11-12H,1,8-9H2. The first-order valence-electron chi connectivity index (χ1n) is 5.47. The lowest BCUT2D eigenvalue weighted by Gasteiger charge is -1.99. The van der Waals surface area contributed by atoms with E-state index < -0.39 is 0 Å². The molecule has 0 heterocycles. The minimum absolute atomic E-state index is 0.0464. The molecule has 2 nitrogen and oxygen atoms in total. The lowest BCUT2D eigenvalue weighted by atomic mass is 10.0. The van der Waals surface area contributed by atoms with Crippen LogP contribution in [0, 0.1) is 11.8 Å². The quantitative estimate of drug-likeness (QED) is 0.557. The Morgan fingerprint density at radius 1 is 1.31 bits per heavy atom. The van der Waals surface area contributed by atoms with Crippen LogP contribution in [0.4, 0.5) is 0 Å². The SMILES string of the molecule is C=CC(=O)C1CC1CC(=O)c1ccccc1. The number of carbonyl (C=O) groups is 2. The van der Waals surface area contributed by atoms with Gasteiger partial charge < -0.3 is 0 Å². The van der Waals surface area contributed by atoms with E-state index in [-0.39, 0.29) is 23.4 Å². The van der Waals surface area contributed by atoms with Gasteiger partial charge in [-0.1, -0.05) is 36.9 Å². The molecule has 2 heteroatoms. The molecular weight excluding hydrogens is 200 g/mol. The summed E-state index contributed by atoms with van der Waals surface area (Å²) in [5, 5.41) is 0. The molecule has 82 valence electrons. The van der Waals surface area contributed by atoms with Gasteiger partial charge in [0.1, 0.15) is 0 Å². The zero-order valence-corrected chi connectivity index (χ0v) is 9.06. The van der Waals surface area contributed by atoms with Gasteiger partial charge in [0, 0.05) is 17.9 Å². The summed E-state index contributed by atoms with van der Waals surface area (Å²) in [7, 11) is 0. The lowest BCUT2D eigenvalue weighted by Crippen LogP contribution is -2.03. The van der Waals surface area contributed by atoms with Crippen LogP contribution in [0.5, 0.6) is 0 Å². The number of hydrogen-bond donors (Lipinski definition) is 0. The van der Waals surface area contributed by atoms with Crippen molar-refractivity contribution in [2.75, 3.05) is 0 Å². The van der Waals surface area contributed by atoms with E-state index in [4.69, 9.17) is 0 Å². The molecule has 1 aromatic carbocycles. The first-order valence-corrected chi connectivity index (χ1v) is 5.47. The summed E-state index contributed by atoms with van der Waals surface area (Å²) in [6, 6.07) is 9.22. The molecule has 0 amide bonds. The van der Waals surface area contributed by atoms with Crippen LogP contribution in [-0.2, 0) is 4.79 Å². The van der Waals surface area contributed by atoms with Crippen LogP contribution >= 0.6 is 0 Å². The van der Waals surface area contributed by atoms with E-state index in [2.05, 4.69) is 6.58 Å². The van der Waals surface area contributed by atoms with Crippen LogP contribution in [-0.4, -0.2) is 11.6 Å². The molecule has 0 aromatic heterocycles. The Hall–Kier alpha value is -1.70. The first kappa shape index (κ1) is 10.8. The van der Waals surface area contributed by atoms with Crippen molar-refractivity contribution in [3.8, 4) is 0 Å². The number of Topliss-reactive ketones (excluding diaryl/α,β-unsaturated/α-hetero) is 1. The predicted molar refractivity (Wildman–Crippen MR) is 62.2 cm³/mol. The first-order chi connectivity index (χ1) is 7.72. The zero-order chi connectivity index (χ0) is 11.5. The fourth-order valence-electron chi connectivity index (χ4n) is 1.95. The second-order valence-electron chi connectivity index (χ2n) is 4.20. The number of ketones is 2. The molecule has 1 aliphatic carbocycles. The van der Waals surface area contributed by atoms with Crippen LogP contribution in [0.2, 0.25) is 0 Å². The van der Waals surface area contributed by atoms with Gasteiger partial charge in [-0.05, 0) is 18.4 Å². The van der Waals surface area contributed by atoms with Crippen LogP contribution < -0.4 is 0 Å². The van der Waals surface area contributed by atoms with Gasteiger partial charge in [0.15, 0.2) is 11.6 Å². The monoisotopic (exact) mass is 214 g/mol. The maximum Gasteiger partial charge on any atom is 0.163 e. The molecule has 1 saturated carbocycles. The molecule has 2 rings (SSSR count). The second-order valence-corrected chi connectivity index (χ2v) is 4.20. The van der Waals surface area contributed by atoms with Gasteiger partial charge in [0.25, 0.3) is 0 Å². The molecule has 0 saturated heterocycles. The molecule has 0 spiro atoms. The smallest absolute Gasteiger partial charge is 0.163 e. The van der Waals surface area contributed by atoms with Gasteiger partial charge in [-0.25, -0.2) is 0 Å². The maximum atomic E-state index is 11.8. The maximum absolute atomic E-state index is 11.8. The summed E-state index contributed by atoms with van der Waals surface area (Å²) in [4.78, 5) is 23.1. The Kier molecular flexibility index (Phi) is 3.00.